The molecule has 5 rings (SSSR count). The lowest BCUT2D eigenvalue weighted by Crippen LogP contribution is -2.46. The molecule has 3 aromatic rings. The van der Waals surface area contributed by atoms with Gasteiger partial charge in [-0.1, -0.05) is 37.3 Å². The maximum atomic E-state index is 12.9. The van der Waals surface area contributed by atoms with Crippen molar-refractivity contribution < 1.29 is 9.90 Å². The molecule has 0 unspecified atom stereocenters. The molecule has 1 heterocycles. The van der Waals surface area contributed by atoms with Crippen LogP contribution < -0.4 is 11.1 Å². The highest BCUT2D eigenvalue weighted by Gasteiger charge is 2.35. The molecule has 0 aliphatic heterocycles. The van der Waals surface area contributed by atoms with Crippen LogP contribution in [-0.2, 0) is 12.8 Å². The first-order valence-corrected chi connectivity index (χ1v) is 14.2. The molecule has 192 valence electrons. The van der Waals surface area contributed by atoms with E-state index in [2.05, 4.69) is 28.2 Å². The Morgan fingerprint density at radius 2 is 1.94 bits per heavy atom. The summed E-state index contributed by atoms with van der Waals surface area (Å²) >= 11 is 1.63. The molecule has 0 radical (unpaired) electrons. The number of amides is 1. The number of carbonyl (C=O) groups is 1. The van der Waals surface area contributed by atoms with Crippen LogP contribution in [-0.4, -0.2) is 51.7 Å². The van der Waals surface area contributed by atoms with Crippen LogP contribution in [0.4, 0.5) is 5.13 Å². The van der Waals surface area contributed by atoms with Crippen molar-refractivity contribution in [2.75, 3.05) is 18.8 Å². The summed E-state index contributed by atoms with van der Waals surface area (Å²) in [7, 11) is 0. The average molecular weight is 507 g/mol. The summed E-state index contributed by atoms with van der Waals surface area (Å²) in [6, 6.07) is 14.6. The van der Waals surface area contributed by atoms with E-state index in [0.717, 1.165) is 81.6 Å². The van der Waals surface area contributed by atoms with E-state index >= 15 is 0 Å². The summed E-state index contributed by atoms with van der Waals surface area (Å²) in [4.78, 5) is 21.3. The van der Waals surface area contributed by atoms with Gasteiger partial charge in [0, 0.05) is 29.1 Å². The number of aryl methyl sites for hydroxylation is 1. The van der Waals surface area contributed by atoms with Crippen molar-refractivity contribution in [2.24, 2.45) is 0 Å². The van der Waals surface area contributed by atoms with E-state index in [9.17, 15) is 9.90 Å². The first-order valence-electron chi connectivity index (χ1n) is 13.4. The third-order valence-corrected chi connectivity index (χ3v) is 9.03. The summed E-state index contributed by atoms with van der Waals surface area (Å²) in [5.41, 5.74) is 7.18. The molecule has 2 aliphatic carbocycles. The van der Waals surface area contributed by atoms with Crippen LogP contribution in [0.1, 0.15) is 72.8 Å². The topological polar surface area (TPSA) is 91.5 Å². The van der Waals surface area contributed by atoms with Gasteiger partial charge in [-0.05, 0) is 87.2 Å². The molecule has 1 aromatic heterocycles. The second kappa shape index (κ2) is 10.9. The van der Waals surface area contributed by atoms with E-state index in [1.807, 2.05) is 36.4 Å². The monoisotopic (exact) mass is 506 g/mol. The Hall–Kier alpha value is -2.48. The third kappa shape index (κ3) is 5.74. The lowest BCUT2D eigenvalue weighted by molar-refractivity contribution is -0.0213. The highest BCUT2D eigenvalue weighted by Crippen LogP contribution is 2.34. The van der Waals surface area contributed by atoms with Crippen LogP contribution in [0.25, 0.3) is 10.8 Å². The van der Waals surface area contributed by atoms with Crippen molar-refractivity contribution in [3.05, 3.63) is 58.6 Å². The molecule has 6 nitrogen and oxygen atoms in total. The molecule has 2 aromatic carbocycles. The molecule has 4 N–H and O–H groups in total. The van der Waals surface area contributed by atoms with Gasteiger partial charge in [0.1, 0.15) is 0 Å². The Morgan fingerprint density at radius 3 is 2.72 bits per heavy atom. The number of fused-ring (bicyclic) bond motifs is 2. The van der Waals surface area contributed by atoms with Gasteiger partial charge in [0.2, 0.25) is 0 Å². The minimum Gasteiger partial charge on any atom is -0.390 e. The summed E-state index contributed by atoms with van der Waals surface area (Å²) in [6.45, 7) is 4.19. The highest BCUT2D eigenvalue weighted by atomic mass is 32.1. The minimum absolute atomic E-state index is 0.0225. The molecule has 0 bridgehead atoms. The van der Waals surface area contributed by atoms with E-state index in [-0.39, 0.29) is 11.9 Å². The first kappa shape index (κ1) is 25.2. The number of aromatic nitrogens is 1. The van der Waals surface area contributed by atoms with Gasteiger partial charge < -0.3 is 16.2 Å². The first-order chi connectivity index (χ1) is 17.4. The SMILES string of the molecule is CCCN(CCC1(O)CCC(NC(=O)c2ccc3ccccc3c2)CC1)[C@H]1CCc2nc(N)sc2C1. The zero-order valence-electron chi connectivity index (χ0n) is 21.2. The number of nitrogen functional groups attached to an aromatic ring is 1. The van der Waals surface area contributed by atoms with Crippen molar-refractivity contribution >= 4 is 33.1 Å². The Kier molecular flexibility index (Phi) is 7.60. The summed E-state index contributed by atoms with van der Waals surface area (Å²) in [5, 5.41) is 17.5. The van der Waals surface area contributed by atoms with Gasteiger partial charge in [0.15, 0.2) is 5.13 Å². The highest BCUT2D eigenvalue weighted by molar-refractivity contribution is 7.15. The fraction of sp³-hybridized carbons (Fsp3) is 0.517. The Morgan fingerprint density at radius 1 is 1.17 bits per heavy atom. The molecule has 36 heavy (non-hydrogen) atoms. The second-order valence-corrected chi connectivity index (χ2v) is 11.8. The molecule has 2 aliphatic rings. The van der Waals surface area contributed by atoms with Gasteiger partial charge in [-0.15, -0.1) is 11.3 Å². The van der Waals surface area contributed by atoms with Crippen LogP contribution in [0.15, 0.2) is 42.5 Å². The van der Waals surface area contributed by atoms with Crippen molar-refractivity contribution in [1.29, 1.82) is 0 Å². The second-order valence-electron chi connectivity index (χ2n) is 10.6. The lowest BCUT2D eigenvalue weighted by Gasteiger charge is -2.40. The maximum Gasteiger partial charge on any atom is 0.251 e. The van der Waals surface area contributed by atoms with E-state index in [4.69, 9.17) is 5.73 Å². The maximum absolute atomic E-state index is 12.9. The molecule has 1 fully saturated rings. The summed E-state index contributed by atoms with van der Waals surface area (Å²) in [5.74, 6) is -0.0225. The molecule has 1 atom stereocenters. The molecule has 0 saturated heterocycles. The van der Waals surface area contributed by atoms with Gasteiger partial charge in [-0.3, -0.25) is 9.69 Å². The molecule has 1 saturated carbocycles. The Bertz CT molecular complexity index is 1200. The number of hydrogen-bond donors (Lipinski definition) is 3. The van der Waals surface area contributed by atoms with Gasteiger partial charge >= 0.3 is 0 Å². The number of carbonyl (C=O) groups excluding carboxylic acids is 1. The smallest absolute Gasteiger partial charge is 0.251 e. The average Bonchev–Trinajstić information content (AvgIpc) is 3.27. The standard InChI is InChI=1S/C29H38N4O2S/c1-2-16-33(24-9-10-25-26(19-24)36-28(30)32-25)17-15-29(35)13-11-23(12-14-29)31-27(34)22-8-7-20-5-3-4-6-21(20)18-22/h3-8,18,23-24,35H,2,9-17,19H2,1H3,(H2,30,32)(H,31,34)/t23?,24-,29?/m0/s1. The van der Waals surface area contributed by atoms with Gasteiger partial charge in [-0.25, -0.2) is 4.98 Å². The number of thiazole rings is 1. The molecule has 7 heteroatoms. The van der Waals surface area contributed by atoms with Gasteiger partial charge in [0.05, 0.1) is 11.3 Å². The minimum atomic E-state index is -0.648. The Balaban J connectivity index is 1.13. The van der Waals surface area contributed by atoms with Crippen LogP contribution >= 0.6 is 11.3 Å². The number of nitrogens with one attached hydrogen (secondary N) is 1. The van der Waals surface area contributed by atoms with E-state index in [0.29, 0.717) is 16.7 Å². The number of benzene rings is 2. The Labute approximate surface area is 217 Å². The fourth-order valence-corrected chi connectivity index (χ4v) is 6.90. The largest absolute Gasteiger partial charge is 0.390 e. The van der Waals surface area contributed by atoms with Gasteiger partial charge in [0.25, 0.3) is 5.91 Å². The molecular formula is C29H38N4O2S. The number of nitrogens with zero attached hydrogens (tertiary/aromatic N) is 2. The molecule has 0 spiro atoms. The fourth-order valence-electron chi connectivity index (χ4n) is 5.95. The van der Waals surface area contributed by atoms with E-state index < -0.39 is 5.60 Å². The quantitative estimate of drug-likeness (QED) is 0.402. The van der Waals surface area contributed by atoms with Crippen LogP contribution in [0, 0.1) is 0 Å². The number of hydrogen-bond acceptors (Lipinski definition) is 6. The molecule has 1 amide bonds. The van der Waals surface area contributed by atoms with Crippen molar-refractivity contribution in [3.8, 4) is 0 Å². The zero-order chi connectivity index (χ0) is 25.1. The summed E-state index contributed by atoms with van der Waals surface area (Å²) in [6.07, 6.45) is 8.11. The zero-order valence-corrected chi connectivity index (χ0v) is 22.0. The number of nitrogens with two attached hydrogens (primary N) is 1. The summed E-state index contributed by atoms with van der Waals surface area (Å²) < 4.78 is 0. The van der Waals surface area contributed by atoms with E-state index in [1.54, 1.807) is 11.3 Å². The predicted molar refractivity (Wildman–Crippen MR) is 147 cm³/mol. The third-order valence-electron chi connectivity index (χ3n) is 8.08. The number of anilines is 1. The van der Waals surface area contributed by atoms with Crippen LogP contribution in [0.3, 0.4) is 0 Å². The lowest BCUT2D eigenvalue weighted by atomic mass is 9.79. The van der Waals surface area contributed by atoms with Crippen LogP contribution in [0.5, 0.6) is 0 Å². The predicted octanol–water partition coefficient (Wildman–Crippen LogP) is 4.94. The van der Waals surface area contributed by atoms with Crippen molar-refractivity contribution in [2.45, 2.75) is 82.4 Å². The van der Waals surface area contributed by atoms with Gasteiger partial charge in [-0.2, -0.15) is 0 Å². The number of rotatable bonds is 8. The van der Waals surface area contributed by atoms with Crippen molar-refractivity contribution in [3.63, 3.8) is 0 Å². The van der Waals surface area contributed by atoms with E-state index in [1.165, 1.54) is 10.6 Å². The number of aliphatic hydroxyl groups is 1. The normalized spacial score (nSPS) is 24.1. The van der Waals surface area contributed by atoms with Crippen LogP contribution in [0.2, 0.25) is 0 Å². The van der Waals surface area contributed by atoms with Crippen molar-refractivity contribution in [1.82, 2.24) is 15.2 Å². The molecular weight excluding hydrogens is 468 g/mol.